The molecule has 0 bridgehead atoms. The molecule has 0 saturated carbocycles. The molecule has 1 rings (SSSR count). The minimum absolute atomic E-state index is 0.00881. The number of rotatable bonds is 7. The van der Waals surface area contributed by atoms with E-state index in [1.54, 1.807) is 13.0 Å². The van der Waals surface area contributed by atoms with E-state index in [2.05, 4.69) is 10.1 Å². The number of methoxy groups -OCH3 is 1. The Hall–Kier alpha value is -1.96. The molecule has 0 aromatic heterocycles. The van der Waals surface area contributed by atoms with Gasteiger partial charge in [0, 0.05) is 19.0 Å². The van der Waals surface area contributed by atoms with E-state index in [4.69, 9.17) is 10.5 Å². The lowest BCUT2D eigenvalue weighted by atomic mass is 10.2. The van der Waals surface area contributed by atoms with Crippen LogP contribution in [0.1, 0.15) is 18.9 Å². The molecule has 8 heteroatoms. The largest absolute Gasteiger partial charge is 0.493 e. The SMILES string of the molecule is COc1cc(CNC(=O)CC(C)N)ccc1OCC(F)(F)F. The molecule has 0 fully saturated rings. The molecule has 0 aliphatic rings. The van der Waals surface area contributed by atoms with Gasteiger partial charge in [0.05, 0.1) is 7.11 Å². The van der Waals surface area contributed by atoms with E-state index < -0.39 is 12.8 Å². The molecule has 0 aliphatic carbocycles. The maximum absolute atomic E-state index is 12.1. The summed E-state index contributed by atoms with van der Waals surface area (Å²) in [6.07, 6.45) is -4.22. The standard InChI is InChI=1S/C14H19F3N2O3/c1-9(18)5-13(20)19-7-10-3-4-11(12(6-10)21-2)22-8-14(15,16)17/h3-4,6,9H,5,7-8,18H2,1-2H3,(H,19,20). The fraction of sp³-hybridized carbons (Fsp3) is 0.500. The molecule has 124 valence electrons. The summed E-state index contributed by atoms with van der Waals surface area (Å²) in [5.41, 5.74) is 6.18. The third-order valence-electron chi connectivity index (χ3n) is 2.62. The van der Waals surface area contributed by atoms with Gasteiger partial charge in [-0.3, -0.25) is 4.79 Å². The number of carbonyl (C=O) groups is 1. The van der Waals surface area contributed by atoms with Gasteiger partial charge in [0.25, 0.3) is 0 Å². The highest BCUT2D eigenvalue weighted by atomic mass is 19.4. The normalized spacial score (nSPS) is 12.6. The highest BCUT2D eigenvalue weighted by Crippen LogP contribution is 2.29. The lowest BCUT2D eigenvalue weighted by Crippen LogP contribution is -2.29. The Morgan fingerprint density at radius 2 is 2.05 bits per heavy atom. The number of alkyl halides is 3. The quantitative estimate of drug-likeness (QED) is 0.806. The molecule has 0 radical (unpaired) electrons. The number of nitrogens with two attached hydrogens (primary N) is 1. The van der Waals surface area contributed by atoms with Crippen LogP contribution in [0.15, 0.2) is 18.2 Å². The van der Waals surface area contributed by atoms with Crippen molar-refractivity contribution in [3.05, 3.63) is 23.8 Å². The second-order valence-electron chi connectivity index (χ2n) is 4.85. The van der Waals surface area contributed by atoms with Crippen LogP contribution in [-0.2, 0) is 11.3 Å². The Kier molecular flexibility index (Phi) is 6.48. The predicted octanol–water partition coefficient (Wildman–Crippen LogP) is 1.99. The summed E-state index contributed by atoms with van der Waals surface area (Å²) in [6, 6.07) is 4.20. The van der Waals surface area contributed by atoms with Gasteiger partial charge in [0.15, 0.2) is 18.1 Å². The average molecular weight is 320 g/mol. The summed E-state index contributed by atoms with van der Waals surface area (Å²) in [5.74, 6) is -0.0416. The van der Waals surface area contributed by atoms with Gasteiger partial charge in [-0.2, -0.15) is 13.2 Å². The van der Waals surface area contributed by atoms with Gasteiger partial charge < -0.3 is 20.5 Å². The van der Waals surface area contributed by atoms with E-state index in [1.165, 1.54) is 19.2 Å². The van der Waals surface area contributed by atoms with Crippen molar-refractivity contribution in [1.29, 1.82) is 0 Å². The zero-order valence-corrected chi connectivity index (χ0v) is 12.4. The Bertz CT molecular complexity index is 505. The highest BCUT2D eigenvalue weighted by molar-refractivity contribution is 5.76. The molecule has 1 aromatic carbocycles. The van der Waals surface area contributed by atoms with Crippen molar-refractivity contribution in [3.8, 4) is 11.5 Å². The second-order valence-corrected chi connectivity index (χ2v) is 4.85. The van der Waals surface area contributed by atoms with Crippen LogP contribution in [0.4, 0.5) is 13.2 Å². The molecule has 1 aromatic rings. The molecule has 1 unspecified atom stereocenters. The van der Waals surface area contributed by atoms with E-state index >= 15 is 0 Å². The van der Waals surface area contributed by atoms with Gasteiger partial charge in [-0.1, -0.05) is 6.07 Å². The Morgan fingerprint density at radius 1 is 1.36 bits per heavy atom. The zero-order chi connectivity index (χ0) is 16.8. The fourth-order valence-corrected chi connectivity index (χ4v) is 1.67. The first-order valence-electron chi connectivity index (χ1n) is 6.60. The van der Waals surface area contributed by atoms with Crippen LogP contribution in [0, 0.1) is 0 Å². The van der Waals surface area contributed by atoms with Crippen LogP contribution in [0.5, 0.6) is 11.5 Å². The van der Waals surface area contributed by atoms with Crippen LogP contribution in [-0.4, -0.2) is 31.8 Å². The molecule has 0 aliphatic heterocycles. The molecule has 0 saturated heterocycles. The van der Waals surface area contributed by atoms with Gasteiger partial charge in [-0.05, 0) is 24.6 Å². The summed E-state index contributed by atoms with van der Waals surface area (Å²) in [4.78, 5) is 11.5. The third kappa shape index (κ3) is 6.66. The van der Waals surface area contributed by atoms with Crippen molar-refractivity contribution in [2.45, 2.75) is 32.1 Å². The van der Waals surface area contributed by atoms with Gasteiger partial charge in [-0.15, -0.1) is 0 Å². The fourth-order valence-electron chi connectivity index (χ4n) is 1.67. The molecular formula is C14H19F3N2O3. The van der Waals surface area contributed by atoms with Gasteiger partial charge in [-0.25, -0.2) is 0 Å². The summed E-state index contributed by atoms with van der Waals surface area (Å²) in [6.45, 7) is 0.546. The Labute approximate surface area is 126 Å². The average Bonchev–Trinajstić information content (AvgIpc) is 2.41. The van der Waals surface area contributed by atoms with Crippen molar-refractivity contribution in [1.82, 2.24) is 5.32 Å². The number of ether oxygens (including phenoxy) is 2. The number of hydrogen-bond acceptors (Lipinski definition) is 4. The van der Waals surface area contributed by atoms with Gasteiger partial charge >= 0.3 is 6.18 Å². The first-order valence-corrected chi connectivity index (χ1v) is 6.60. The smallest absolute Gasteiger partial charge is 0.422 e. The number of halogens is 3. The van der Waals surface area contributed by atoms with E-state index in [-0.39, 0.29) is 36.4 Å². The van der Waals surface area contributed by atoms with Crippen LogP contribution in [0.3, 0.4) is 0 Å². The van der Waals surface area contributed by atoms with Crippen LogP contribution < -0.4 is 20.5 Å². The lowest BCUT2D eigenvalue weighted by molar-refractivity contribution is -0.153. The van der Waals surface area contributed by atoms with Crippen molar-refractivity contribution >= 4 is 5.91 Å². The number of carbonyl (C=O) groups excluding carboxylic acids is 1. The topological polar surface area (TPSA) is 73.6 Å². The van der Waals surface area contributed by atoms with Gasteiger partial charge in [0.1, 0.15) is 0 Å². The minimum Gasteiger partial charge on any atom is -0.493 e. The number of amides is 1. The summed E-state index contributed by atoms with van der Waals surface area (Å²) in [7, 11) is 1.33. The van der Waals surface area contributed by atoms with E-state index in [0.717, 1.165) is 0 Å². The molecule has 1 atom stereocenters. The molecular weight excluding hydrogens is 301 g/mol. The Balaban J connectivity index is 2.66. The number of benzene rings is 1. The molecule has 22 heavy (non-hydrogen) atoms. The van der Waals surface area contributed by atoms with E-state index in [0.29, 0.717) is 5.56 Å². The van der Waals surface area contributed by atoms with Crippen molar-refractivity contribution in [2.75, 3.05) is 13.7 Å². The second kappa shape index (κ2) is 7.88. The summed E-state index contributed by atoms with van der Waals surface area (Å²) < 4.78 is 46.1. The van der Waals surface area contributed by atoms with Crippen molar-refractivity contribution in [2.24, 2.45) is 5.73 Å². The maximum Gasteiger partial charge on any atom is 0.422 e. The summed E-state index contributed by atoms with van der Waals surface area (Å²) in [5, 5.41) is 2.66. The van der Waals surface area contributed by atoms with Gasteiger partial charge in [0.2, 0.25) is 5.91 Å². The van der Waals surface area contributed by atoms with E-state index in [9.17, 15) is 18.0 Å². The zero-order valence-electron chi connectivity index (χ0n) is 12.4. The van der Waals surface area contributed by atoms with Crippen molar-refractivity contribution in [3.63, 3.8) is 0 Å². The van der Waals surface area contributed by atoms with Crippen LogP contribution in [0.2, 0.25) is 0 Å². The first kappa shape index (κ1) is 18.1. The van der Waals surface area contributed by atoms with Crippen LogP contribution >= 0.6 is 0 Å². The van der Waals surface area contributed by atoms with Crippen molar-refractivity contribution < 1.29 is 27.4 Å². The maximum atomic E-state index is 12.1. The molecule has 3 N–H and O–H groups in total. The minimum atomic E-state index is -4.42. The summed E-state index contributed by atoms with van der Waals surface area (Å²) >= 11 is 0. The van der Waals surface area contributed by atoms with E-state index in [1.807, 2.05) is 0 Å². The molecule has 5 nitrogen and oxygen atoms in total. The third-order valence-corrected chi connectivity index (χ3v) is 2.62. The monoisotopic (exact) mass is 320 g/mol. The Morgan fingerprint density at radius 3 is 2.59 bits per heavy atom. The number of nitrogens with one attached hydrogen (secondary N) is 1. The molecule has 1 amide bonds. The first-order chi connectivity index (χ1) is 10.2. The predicted molar refractivity (Wildman–Crippen MR) is 74.7 cm³/mol. The molecule has 0 heterocycles. The lowest BCUT2D eigenvalue weighted by Gasteiger charge is -2.14. The number of hydrogen-bond donors (Lipinski definition) is 2. The molecule has 0 spiro atoms. The highest BCUT2D eigenvalue weighted by Gasteiger charge is 2.29. The van der Waals surface area contributed by atoms with Crippen LogP contribution in [0.25, 0.3) is 0 Å².